The number of carbonyl (C=O) groups is 1. The number of nitrogens with zero attached hydrogens (tertiary/aromatic N) is 1. The molecule has 0 amide bonds. The van der Waals surface area contributed by atoms with Crippen LogP contribution < -0.4 is 5.56 Å². The van der Waals surface area contributed by atoms with Crippen LogP contribution in [0.5, 0.6) is 0 Å². The van der Waals surface area contributed by atoms with Crippen LogP contribution in [0.1, 0.15) is 61.6 Å². The summed E-state index contributed by atoms with van der Waals surface area (Å²) in [5.74, 6) is -0.812. The predicted molar refractivity (Wildman–Crippen MR) is 72.8 cm³/mol. The summed E-state index contributed by atoms with van der Waals surface area (Å²) in [6.07, 6.45) is 7.06. The molecule has 1 fully saturated rings. The van der Waals surface area contributed by atoms with E-state index in [2.05, 4.69) is 9.97 Å². The second-order valence-corrected chi connectivity index (χ2v) is 5.12. The van der Waals surface area contributed by atoms with Gasteiger partial charge in [-0.15, -0.1) is 0 Å². The van der Waals surface area contributed by atoms with Gasteiger partial charge in [-0.3, -0.25) is 4.79 Å². The van der Waals surface area contributed by atoms with E-state index in [1.54, 1.807) is 0 Å². The first-order valence-electron chi connectivity index (χ1n) is 7.06. The molecule has 110 valence electrons. The van der Waals surface area contributed by atoms with Crippen molar-refractivity contribution in [2.45, 2.75) is 51.0 Å². The van der Waals surface area contributed by atoms with Crippen LogP contribution >= 0.6 is 0 Å². The quantitative estimate of drug-likeness (QED) is 0.823. The van der Waals surface area contributed by atoms with E-state index in [-0.39, 0.29) is 5.56 Å². The molecule has 0 saturated heterocycles. The first kappa shape index (κ1) is 14.7. The topological polar surface area (TPSA) is 92.3 Å². The molecule has 1 aromatic heterocycles. The lowest BCUT2D eigenvalue weighted by molar-refractivity contribution is -0.0626. The molecule has 1 heterocycles. The fourth-order valence-corrected chi connectivity index (χ4v) is 2.80. The summed E-state index contributed by atoms with van der Waals surface area (Å²) < 4.78 is 5.91. The maximum Gasteiger partial charge on any atom is 0.342 e. The molecule has 0 unspecified atom stereocenters. The van der Waals surface area contributed by atoms with Gasteiger partial charge >= 0.3 is 5.97 Å². The number of H-pyrrole nitrogens is 1. The largest absolute Gasteiger partial charge is 0.477 e. The normalized spacial score (nSPS) is 18.4. The summed E-state index contributed by atoms with van der Waals surface area (Å²) in [4.78, 5) is 29.5. The maximum atomic E-state index is 11.8. The van der Waals surface area contributed by atoms with Crippen LogP contribution in [-0.2, 0) is 10.3 Å². The number of ether oxygens (including phenoxy) is 1. The van der Waals surface area contributed by atoms with E-state index in [0.29, 0.717) is 12.4 Å². The van der Waals surface area contributed by atoms with E-state index < -0.39 is 17.1 Å². The van der Waals surface area contributed by atoms with E-state index in [4.69, 9.17) is 9.84 Å². The fraction of sp³-hybridized carbons (Fsp3) is 0.643. The second kappa shape index (κ2) is 6.17. The zero-order chi connectivity index (χ0) is 14.6. The summed E-state index contributed by atoms with van der Waals surface area (Å²) in [5, 5.41) is 8.89. The molecule has 0 spiro atoms. The second-order valence-electron chi connectivity index (χ2n) is 5.12. The van der Waals surface area contributed by atoms with Gasteiger partial charge in [0.15, 0.2) is 0 Å². The number of aromatic carboxylic acids is 1. The Morgan fingerprint density at radius 3 is 2.55 bits per heavy atom. The van der Waals surface area contributed by atoms with Crippen LogP contribution in [0.4, 0.5) is 0 Å². The molecule has 0 radical (unpaired) electrons. The third-order valence-corrected chi connectivity index (χ3v) is 3.79. The average molecular weight is 280 g/mol. The molecule has 2 N–H and O–H groups in total. The van der Waals surface area contributed by atoms with Crippen molar-refractivity contribution in [3.63, 3.8) is 0 Å². The highest BCUT2D eigenvalue weighted by Gasteiger charge is 2.36. The van der Waals surface area contributed by atoms with Gasteiger partial charge in [-0.25, -0.2) is 9.78 Å². The highest BCUT2D eigenvalue weighted by molar-refractivity contribution is 5.86. The molecule has 1 aliphatic carbocycles. The third kappa shape index (κ3) is 2.90. The van der Waals surface area contributed by atoms with Gasteiger partial charge in [-0.2, -0.15) is 0 Å². The van der Waals surface area contributed by atoms with Gasteiger partial charge in [0, 0.05) is 12.8 Å². The lowest BCUT2D eigenvalue weighted by atomic mass is 9.93. The summed E-state index contributed by atoms with van der Waals surface area (Å²) in [6.45, 7) is 2.45. The van der Waals surface area contributed by atoms with Crippen molar-refractivity contribution in [3.05, 3.63) is 27.9 Å². The SMILES string of the molecule is CCOC1(c2ncc(C(=O)O)c(=O)[nH]2)CCCCCC1. The van der Waals surface area contributed by atoms with Crippen LogP contribution in [-0.4, -0.2) is 27.7 Å². The van der Waals surface area contributed by atoms with E-state index in [1.807, 2.05) is 6.92 Å². The number of rotatable bonds is 4. The van der Waals surface area contributed by atoms with Crippen LogP contribution in [0.2, 0.25) is 0 Å². The average Bonchev–Trinajstić information content (AvgIpc) is 2.65. The monoisotopic (exact) mass is 280 g/mol. The molecular weight excluding hydrogens is 260 g/mol. The lowest BCUT2D eigenvalue weighted by Gasteiger charge is -2.31. The molecule has 2 rings (SSSR count). The van der Waals surface area contributed by atoms with Crippen LogP contribution in [0, 0.1) is 0 Å². The van der Waals surface area contributed by atoms with Gasteiger partial charge < -0.3 is 14.8 Å². The Labute approximate surface area is 117 Å². The van der Waals surface area contributed by atoms with Gasteiger partial charge in [-0.1, -0.05) is 25.7 Å². The summed E-state index contributed by atoms with van der Waals surface area (Å²) >= 11 is 0. The lowest BCUT2D eigenvalue weighted by Crippen LogP contribution is -2.35. The first-order valence-corrected chi connectivity index (χ1v) is 7.06. The van der Waals surface area contributed by atoms with Crippen molar-refractivity contribution in [1.29, 1.82) is 0 Å². The van der Waals surface area contributed by atoms with Crippen molar-refractivity contribution in [2.24, 2.45) is 0 Å². The summed E-state index contributed by atoms with van der Waals surface area (Å²) in [7, 11) is 0. The van der Waals surface area contributed by atoms with Crippen molar-refractivity contribution < 1.29 is 14.6 Å². The zero-order valence-corrected chi connectivity index (χ0v) is 11.6. The highest BCUT2D eigenvalue weighted by atomic mass is 16.5. The Kier molecular flexibility index (Phi) is 4.54. The molecule has 6 nitrogen and oxygen atoms in total. The number of aromatic amines is 1. The molecule has 1 saturated carbocycles. The van der Waals surface area contributed by atoms with Gasteiger partial charge in [0.25, 0.3) is 5.56 Å². The van der Waals surface area contributed by atoms with Gasteiger partial charge in [0.05, 0.1) is 0 Å². The molecule has 0 aromatic carbocycles. The zero-order valence-electron chi connectivity index (χ0n) is 11.6. The van der Waals surface area contributed by atoms with Crippen molar-refractivity contribution in [1.82, 2.24) is 9.97 Å². The van der Waals surface area contributed by atoms with Crippen LogP contribution in [0.15, 0.2) is 11.0 Å². The number of nitrogens with one attached hydrogen (secondary N) is 1. The molecule has 0 atom stereocenters. The molecule has 1 aromatic rings. The summed E-state index contributed by atoms with van der Waals surface area (Å²) in [5.41, 5.74) is -1.54. The Morgan fingerprint density at radius 2 is 2.05 bits per heavy atom. The molecular formula is C14H20N2O4. The van der Waals surface area contributed by atoms with Gasteiger partial charge in [-0.05, 0) is 19.8 Å². The Hall–Kier alpha value is -1.69. The van der Waals surface area contributed by atoms with E-state index in [1.165, 1.54) is 0 Å². The highest BCUT2D eigenvalue weighted by Crippen LogP contribution is 2.37. The van der Waals surface area contributed by atoms with Crippen LogP contribution in [0.3, 0.4) is 0 Å². The number of carboxylic acid groups (broad SMARTS) is 1. The molecule has 1 aliphatic rings. The number of aromatic nitrogens is 2. The minimum Gasteiger partial charge on any atom is -0.477 e. The minimum atomic E-state index is -1.27. The van der Waals surface area contributed by atoms with E-state index in [0.717, 1.165) is 44.7 Å². The van der Waals surface area contributed by atoms with Crippen LogP contribution in [0.25, 0.3) is 0 Å². The maximum absolute atomic E-state index is 11.8. The standard InChI is InChI=1S/C14H20N2O4/c1-2-20-14(7-5-3-4-6-8-14)13-15-9-10(12(18)19)11(17)16-13/h9H,2-8H2,1H3,(H,18,19)(H,15,16,17). The smallest absolute Gasteiger partial charge is 0.342 e. The summed E-state index contributed by atoms with van der Waals surface area (Å²) in [6, 6.07) is 0. The van der Waals surface area contributed by atoms with Crippen molar-refractivity contribution in [3.8, 4) is 0 Å². The molecule has 0 aliphatic heterocycles. The first-order chi connectivity index (χ1) is 9.59. The van der Waals surface area contributed by atoms with Gasteiger partial charge in [0.1, 0.15) is 17.0 Å². The Morgan fingerprint density at radius 1 is 1.40 bits per heavy atom. The number of hydrogen-bond donors (Lipinski definition) is 2. The number of carboxylic acids is 1. The minimum absolute atomic E-state index is 0.339. The molecule has 0 bridgehead atoms. The Balaban J connectivity index is 2.41. The third-order valence-electron chi connectivity index (χ3n) is 3.79. The molecule has 20 heavy (non-hydrogen) atoms. The predicted octanol–water partition coefficient (Wildman–Crippen LogP) is 2.05. The van der Waals surface area contributed by atoms with Gasteiger partial charge in [0.2, 0.25) is 0 Å². The van der Waals surface area contributed by atoms with Crippen molar-refractivity contribution in [2.75, 3.05) is 6.61 Å². The van der Waals surface area contributed by atoms with E-state index in [9.17, 15) is 9.59 Å². The Bertz CT molecular complexity index is 530. The van der Waals surface area contributed by atoms with E-state index >= 15 is 0 Å². The van der Waals surface area contributed by atoms with Crippen molar-refractivity contribution >= 4 is 5.97 Å². The molecule has 6 heteroatoms. The number of hydrogen-bond acceptors (Lipinski definition) is 4. The fourth-order valence-electron chi connectivity index (χ4n) is 2.80.